The minimum Gasteiger partial charge on any atom is -0.488 e. The van der Waals surface area contributed by atoms with Gasteiger partial charge in [-0.1, -0.05) is 72.9 Å². The molecule has 0 aliphatic heterocycles. The van der Waals surface area contributed by atoms with Gasteiger partial charge in [-0.25, -0.2) is 4.98 Å². The van der Waals surface area contributed by atoms with Gasteiger partial charge >= 0.3 is 0 Å². The summed E-state index contributed by atoms with van der Waals surface area (Å²) in [7, 11) is 0. The first-order chi connectivity index (χ1) is 16.0. The van der Waals surface area contributed by atoms with Crippen molar-refractivity contribution in [3.05, 3.63) is 101 Å². The van der Waals surface area contributed by atoms with Crippen LogP contribution in [0.25, 0.3) is 10.9 Å². The van der Waals surface area contributed by atoms with Gasteiger partial charge in [0.2, 0.25) is 0 Å². The number of rotatable bonds is 7. The Kier molecular flexibility index (Phi) is 7.78. The van der Waals surface area contributed by atoms with E-state index in [4.69, 9.17) is 4.74 Å². The molecule has 0 bridgehead atoms. The van der Waals surface area contributed by atoms with Gasteiger partial charge in [0, 0.05) is 31.0 Å². The van der Waals surface area contributed by atoms with E-state index >= 15 is 0 Å². The molecule has 4 aromatic rings. The number of hydrogen-bond donors (Lipinski definition) is 0. The maximum absolute atomic E-state index is 13.2. The fourth-order valence-corrected chi connectivity index (χ4v) is 4.85. The highest BCUT2D eigenvalue weighted by atomic mass is 79.9. The Morgan fingerprint density at radius 1 is 1.03 bits per heavy atom. The van der Waals surface area contributed by atoms with E-state index in [0.717, 1.165) is 31.0 Å². The molecular weight excluding hydrogens is 614 g/mol. The van der Waals surface area contributed by atoms with Gasteiger partial charge in [0.25, 0.3) is 5.56 Å². The summed E-state index contributed by atoms with van der Waals surface area (Å²) in [5.74, 6) is 1.31. The molecule has 0 aliphatic carbocycles. The Morgan fingerprint density at radius 2 is 1.79 bits per heavy atom. The highest BCUT2D eigenvalue weighted by molar-refractivity contribution is 9.11. The molecule has 1 heterocycles. The van der Waals surface area contributed by atoms with E-state index in [0.29, 0.717) is 35.5 Å². The van der Waals surface area contributed by atoms with Crippen LogP contribution in [0.5, 0.6) is 5.75 Å². The van der Waals surface area contributed by atoms with Crippen LogP contribution in [0.4, 0.5) is 0 Å². The summed E-state index contributed by atoms with van der Waals surface area (Å²) in [4.78, 5) is 17.9. The Labute approximate surface area is 216 Å². The summed E-state index contributed by atoms with van der Waals surface area (Å²) in [5, 5.41) is 5.04. The topological polar surface area (TPSA) is 56.5 Å². The van der Waals surface area contributed by atoms with Crippen molar-refractivity contribution >= 4 is 64.9 Å². The van der Waals surface area contributed by atoms with E-state index in [2.05, 4.69) is 64.8 Å². The van der Waals surface area contributed by atoms with E-state index in [-0.39, 0.29) is 5.56 Å². The highest BCUT2D eigenvalue weighted by Gasteiger charge is 2.11. The van der Waals surface area contributed by atoms with Crippen molar-refractivity contribution in [1.29, 1.82) is 0 Å². The first-order valence-electron chi connectivity index (χ1n) is 10.4. The van der Waals surface area contributed by atoms with Gasteiger partial charge in [-0.05, 0) is 48.9 Å². The predicted molar refractivity (Wildman–Crippen MR) is 143 cm³/mol. The first-order valence-corrected chi connectivity index (χ1v) is 12.8. The molecule has 0 fully saturated rings. The van der Waals surface area contributed by atoms with Crippen molar-refractivity contribution in [3.63, 3.8) is 0 Å². The fourth-order valence-electron chi connectivity index (χ4n) is 3.33. The number of nitrogens with zero attached hydrogens (tertiary/aromatic N) is 3. The molecule has 0 unspecified atom stereocenters. The van der Waals surface area contributed by atoms with E-state index in [1.54, 1.807) is 12.3 Å². The van der Waals surface area contributed by atoms with Gasteiger partial charge in [-0.2, -0.15) is 9.78 Å². The molecule has 0 atom stereocenters. The van der Waals surface area contributed by atoms with Crippen LogP contribution in [0.3, 0.4) is 0 Å². The van der Waals surface area contributed by atoms with Crippen LogP contribution in [0.15, 0.2) is 84.0 Å². The summed E-state index contributed by atoms with van der Waals surface area (Å²) in [5.41, 5.74) is 2.27. The van der Waals surface area contributed by atoms with Crippen LogP contribution in [0.1, 0.15) is 30.3 Å². The van der Waals surface area contributed by atoms with Crippen LogP contribution < -0.4 is 10.3 Å². The quantitative estimate of drug-likeness (QED) is 0.204. The average molecular weight is 634 g/mol. The molecule has 5 nitrogen and oxygen atoms in total. The Hall–Kier alpha value is -2.29. The molecule has 33 heavy (non-hydrogen) atoms. The molecule has 0 saturated heterocycles. The Morgan fingerprint density at radius 3 is 2.58 bits per heavy atom. The van der Waals surface area contributed by atoms with Gasteiger partial charge < -0.3 is 4.74 Å². The maximum atomic E-state index is 13.2. The van der Waals surface area contributed by atoms with Crippen LogP contribution in [0.2, 0.25) is 0 Å². The SMILES string of the molecule is CCCc1nc2ccc(Br)cc2c(=O)n1N=Cc1ccccc1OCc1ccc(Br)cc1Br. The van der Waals surface area contributed by atoms with E-state index in [1.165, 1.54) is 4.68 Å². The lowest BCUT2D eigenvalue weighted by atomic mass is 10.2. The number of aryl methyl sites for hydroxylation is 1. The van der Waals surface area contributed by atoms with Gasteiger partial charge in [0.1, 0.15) is 18.2 Å². The van der Waals surface area contributed by atoms with Crippen LogP contribution in [-0.4, -0.2) is 15.9 Å². The predicted octanol–water partition coefficient (Wildman–Crippen LogP) is 7.10. The Balaban J connectivity index is 1.67. The van der Waals surface area contributed by atoms with E-state index < -0.39 is 0 Å². The summed E-state index contributed by atoms with van der Waals surface area (Å²) in [6.45, 7) is 2.45. The Bertz CT molecular complexity index is 1400. The van der Waals surface area contributed by atoms with Gasteiger partial charge in [-0.3, -0.25) is 4.79 Å². The molecule has 0 amide bonds. The number of hydrogen-bond acceptors (Lipinski definition) is 4. The first kappa shape index (κ1) is 23.9. The van der Waals surface area contributed by atoms with E-state index in [9.17, 15) is 4.79 Å². The summed E-state index contributed by atoms with van der Waals surface area (Å²) in [6.07, 6.45) is 3.15. The normalized spacial score (nSPS) is 11.4. The van der Waals surface area contributed by atoms with E-state index in [1.807, 2.05) is 54.6 Å². The second-order valence-corrected chi connectivity index (χ2v) is 10.0. The zero-order chi connectivity index (χ0) is 23.4. The number of benzene rings is 3. The number of ether oxygens (including phenoxy) is 1. The highest BCUT2D eigenvalue weighted by Crippen LogP contribution is 2.24. The van der Waals surface area contributed by atoms with Crippen LogP contribution in [-0.2, 0) is 13.0 Å². The summed E-state index contributed by atoms with van der Waals surface area (Å²) < 4.78 is 10.3. The van der Waals surface area contributed by atoms with Crippen molar-refractivity contribution in [2.24, 2.45) is 5.10 Å². The fraction of sp³-hybridized carbons (Fsp3) is 0.160. The van der Waals surface area contributed by atoms with Gasteiger partial charge in [-0.15, -0.1) is 0 Å². The number of halogens is 3. The minimum absolute atomic E-state index is 0.196. The molecule has 0 radical (unpaired) electrons. The lowest BCUT2D eigenvalue weighted by molar-refractivity contribution is 0.305. The van der Waals surface area contributed by atoms with Gasteiger partial charge in [0.05, 0.1) is 17.1 Å². The molecule has 8 heteroatoms. The minimum atomic E-state index is -0.196. The third kappa shape index (κ3) is 5.62. The average Bonchev–Trinajstić information content (AvgIpc) is 2.80. The maximum Gasteiger partial charge on any atom is 0.282 e. The molecule has 0 N–H and O–H groups in total. The van der Waals surface area contributed by atoms with Crippen molar-refractivity contribution in [2.75, 3.05) is 0 Å². The van der Waals surface area contributed by atoms with Crippen molar-refractivity contribution in [3.8, 4) is 5.75 Å². The summed E-state index contributed by atoms with van der Waals surface area (Å²) >= 11 is 10.5. The summed E-state index contributed by atoms with van der Waals surface area (Å²) in [6, 6.07) is 19.1. The molecule has 168 valence electrons. The molecule has 4 rings (SSSR count). The molecule has 1 aromatic heterocycles. The zero-order valence-electron chi connectivity index (χ0n) is 17.8. The largest absolute Gasteiger partial charge is 0.488 e. The van der Waals surface area contributed by atoms with Crippen LogP contribution >= 0.6 is 47.8 Å². The lowest BCUT2D eigenvalue weighted by Gasteiger charge is -2.11. The smallest absolute Gasteiger partial charge is 0.282 e. The standard InChI is InChI=1S/C25H20Br3N3O2/c1-2-5-24-30-22-11-10-18(26)12-20(22)25(32)31(24)29-14-16-6-3-4-7-23(16)33-15-17-8-9-19(27)13-21(17)28/h3-4,6-14H,2,5,15H2,1H3. The molecule has 0 aliphatic rings. The second kappa shape index (κ2) is 10.8. The monoisotopic (exact) mass is 631 g/mol. The third-order valence-electron chi connectivity index (χ3n) is 4.98. The molecular formula is C25H20Br3N3O2. The van der Waals surface area contributed by atoms with Crippen molar-refractivity contribution in [2.45, 2.75) is 26.4 Å². The van der Waals surface area contributed by atoms with Gasteiger partial charge in [0.15, 0.2) is 0 Å². The van der Waals surface area contributed by atoms with Crippen molar-refractivity contribution in [1.82, 2.24) is 9.66 Å². The number of aromatic nitrogens is 2. The molecule has 3 aromatic carbocycles. The number of para-hydroxylation sites is 1. The van der Waals surface area contributed by atoms with Crippen molar-refractivity contribution < 1.29 is 4.74 Å². The molecule has 0 spiro atoms. The number of fused-ring (bicyclic) bond motifs is 1. The second-order valence-electron chi connectivity index (χ2n) is 7.36. The van der Waals surface area contributed by atoms with Crippen LogP contribution in [0, 0.1) is 0 Å². The zero-order valence-corrected chi connectivity index (χ0v) is 22.5. The third-order valence-corrected chi connectivity index (χ3v) is 6.70. The lowest BCUT2D eigenvalue weighted by Crippen LogP contribution is -2.22. The molecule has 0 saturated carbocycles.